The Morgan fingerprint density at radius 1 is 1.35 bits per heavy atom. The van der Waals surface area contributed by atoms with E-state index >= 15 is 0 Å². The van der Waals surface area contributed by atoms with E-state index in [-0.39, 0.29) is 24.4 Å². The number of amides is 3. The molecular weight excluding hydrogens is 344 g/mol. The number of hydrogen-bond acceptors (Lipinski definition) is 2. The lowest BCUT2D eigenvalue weighted by Gasteiger charge is -2.23. The number of rotatable bonds is 6. The van der Waals surface area contributed by atoms with Gasteiger partial charge in [-0.25, -0.2) is 9.18 Å². The first kappa shape index (κ1) is 17.8. The molecule has 0 bridgehead atoms. The Balaban J connectivity index is 1.98. The topological polar surface area (TPSA) is 52.7 Å². The lowest BCUT2D eigenvalue weighted by Crippen LogP contribution is -2.47. The summed E-state index contributed by atoms with van der Waals surface area (Å²) in [4.78, 5) is 27.3. The molecular formula is C15H18Cl2FN3O2. The second-order valence-corrected chi connectivity index (χ2v) is 5.96. The average Bonchev–Trinajstić information content (AvgIpc) is 2.87. The fourth-order valence-electron chi connectivity index (χ4n) is 2.48. The molecule has 0 aromatic heterocycles. The van der Waals surface area contributed by atoms with Crippen molar-refractivity contribution in [3.63, 3.8) is 0 Å². The van der Waals surface area contributed by atoms with Crippen LogP contribution in [0.25, 0.3) is 0 Å². The number of nitrogens with zero attached hydrogens (tertiary/aromatic N) is 2. The average molecular weight is 362 g/mol. The smallest absolute Gasteiger partial charge is 0.317 e. The van der Waals surface area contributed by atoms with Gasteiger partial charge in [0.15, 0.2) is 0 Å². The maximum atomic E-state index is 13.3. The molecule has 1 aliphatic rings. The van der Waals surface area contributed by atoms with Gasteiger partial charge in [-0.3, -0.25) is 4.79 Å². The van der Waals surface area contributed by atoms with Crippen LogP contribution in [0.3, 0.4) is 0 Å². The van der Waals surface area contributed by atoms with Gasteiger partial charge in [0.25, 0.3) is 0 Å². The summed E-state index contributed by atoms with van der Waals surface area (Å²) in [5.74, 6) is 0.0624. The zero-order chi connectivity index (χ0) is 16.8. The molecule has 1 fully saturated rings. The van der Waals surface area contributed by atoms with Crippen LogP contribution in [0.5, 0.6) is 0 Å². The van der Waals surface area contributed by atoms with Crippen LogP contribution in [0.15, 0.2) is 24.3 Å². The van der Waals surface area contributed by atoms with Crippen LogP contribution < -0.4 is 10.2 Å². The van der Waals surface area contributed by atoms with Gasteiger partial charge in [-0.1, -0.05) is 6.07 Å². The molecule has 0 spiro atoms. The molecule has 1 aliphatic heterocycles. The summed E-state index contributed by atoms with van der Waals surface area (Å²) < 4.78 is 13.3. The van der Waals surface area contributed by atoms with Crippen LogP contribution in [0.4, 0.5) is 14.9 Å². The molecule has 1 N–H and O–H groups in total. The Kier molecular flexibility index (Phi) is 6.47. The predicted octanol–water partition coefficient (Wildman–Crippen LogP) is 2.42. The van der Waals surface area contributed by atoms with Crippen LogP contribution in [0.2, 0.25) is 0 Å². The number of alkyl halides is 2. The lowest BCUT2D eigenvalue weighted by molar-refractivity contribution is -0.117. The third-order valence-electron chi connectivity index (χ3n) is 3.57. The molecule has 2 rings (SSSR count). The number of carbonyl (C=O) groups excluding carboxylic acids is 2. The molecule has 3 amide bonds. The zero-order valence-corrected chi connectivity index (χ0v) is 14.0. The van der Waals surface area contributed by atoms with Crippen molar-refractivity contribution in [2.45, 2.75) is 12.5 Å². The minimum Gasteiger partial charge on any atom is -0.333 e. The number of carbonyl (C=O) groups is 2. The summed E-state index contributed by atoms with van der Waals surface area (Å²) in [5.41, 5.74) is 0.491. The highest BCUT2D eigenvalue weighted by Crippen LogP contribution is 2.22. The zero-order valence-electron chi connectivity index (χ0n) is 12.5. The summed E-state index contributed by atoms with van der Waals surface area (Å²) in [5, 5.41) is 2.81. The van der Waals surface area contributed by atoms with E-state index in [1.54, 1.807) is 12.1 Å². The maximum Gasteiger partial charge on any atom is 0.317 e. The molecule has 5 nitrogen and oxygen atoms in total. The fraction of sp³-hybridized carbons (Fsp3) is 0.467. The SMILES string of the molecule is O=C(N[C@H]1CC(=O)N(c2cccc(F)c2)C1)N(CCCl)CCCl. The highest BCUT2D eigenvalue weighted by atomic mass is 35.5. The van der Waals surface area contributed by atoms with Gasteiger partial charge in [-0.15, -0.1) is 23.2 Å². The Morgan fingerprint density at radius 2 is 2.04 bits per heavy atom. The van der Waals surface area contributed by atoms with Crippen LogP contribution in [0.1, 0.15) is 6.42 Å². The van der Waals surface area contributed by atoms with Crippen molar-refractivity contribution in [1.29, 1.82) is 0 Å². The standard InChI is InChI=1S/C15H18Cl2FN3O2/c16-4-6-20(7-5-17)15(23)19-12-9-14(22)21(10-12)13-3-1-2-11(18)8-13/h1-3,8,12H,4-7,9-10H2,(H,19,23)/t12-/m0/s1. The molecule has 1 atom stereocenters. The van der Waals surface area contributed by atoms with E-state index in [9.17, 15) is 14.0 Å². The Bertz CT molecular complexity index is 567. The van der Waals surface area contributed by atoms with Crippen LogP contribution in [-0.4, -0.2) is 54.3 Å². The van der Waals surface area contributed by atoms with E-state index in [2.05, 4.69) is 5.32 Å². The van der Waals surface area contributed by atoms with Gasteiger partial charge in [0.1, 0.15) is 5.82 Å². The van der Waals surface area contributed by atoms with Gasteiger partial charge in [0, 0.05) is 43.5 Å². The molecule has 1 aromatic rings. The summed E-state index contributed by atoms with van der Waals surface area (Å²) in [7, 11) is 0. The van der Waals surface area contributed by atoms with Crippen LogP contribution in [-0.2, 0) is 4.79 Å². The molecule has 0 unspecified atom stereocenters. The van der Waals surface area contributed by atoms with E-state index in [0.717, 1.165) is 0 Å². The summed E-state index contributed by atoms with van der Waals surface area (Å²) in [6.45, 7) is 1.08. The molecule has 1 heterocycles. The van der Waals surface area contributed by atoms with Crippen molar-refractivity contribution in [2.24, 2.45) is 0 Å². The normalized spacial score (nSPS) is 17.4. The Hall–Kier alpha value is -1.53. The first-order chi connectivity index (χ1) is 11.0. The van der Waals surface area contributed by atoms with Crippen molar-refractivity contribution < 1.29 is 14.0 Å². The molecule has 1 aromatic carbocycles. The number of hydrogen-bond donors (Lipinski definition) is 1. The van der Waals surface area contributed by atoms with E-state index in [1.807, 2.05) is 0 Å². The minimum atomic E-state index is -0.404. The van der Waals surface area contributed by atoms with Gasteiger partial charge < -0.3 is 15.1 Å². The second kappa shape index (κ2) is 8.36. The quantitative estimate of drug-likeness (QED) is 0.791. The van der Waals surface area contributed by atoms with Crippen molar-refractivity contribution in [3.8, 4) is 0 Å². The minimum absolute atomic E-state index is 0.151. The number of benzene rings is 1. The van der Waals surface area contributed by atoms with Gasteiger partial charge in [-0.2, -0.15) is 0 Å². The van der Waals surface area contributed by atoms with E-state index in [0.29, 0.717) is 37.1 Å². The Labute approximate surface area is 144 Å². The van der Waals surface area contributed by atoms with Crippen molar-refractivity contribution in [1.82, 2.24) is 10.2 Å². The summed E-state index contributed by atoms with van der Waals surface area (Å²) >= 11 is 11.3. The first-order valence-electron chi connectivity index (χ1n) is 7.28. The van der Waals surface area contributed by atoms with Gasteiger partial charge in [0.2, 0.25) is 5.91 Å². The fourth-order valence-corrected chi connectivity index (χ4v) is 2.89. The third-order valence-corrected chi connectivity index (χ3v) is 3.91. The van der Waals surface area contributed by atoms with Crippen molar-refractivity contribution >= 4 is 40.8 Å². The summed E-state index contributed by atoms with van der Waals surface area (Å²) in [6, 6.07) is 5.21. The number of nitrogens with one attached hydrogen (secondary N) is 1. The molecule has 0 saturated carbocycles. The maximum absolute atomic E-state index is 13.3. The molecule has 1 saturated heterocycles. The van der Waals surface area contributed by atoms with Gasteiger partial charge in [0.05, 0.1) is 6.04 Å². The van der Waals surface area contributed by atoms with Crippen molar-refractivity contribution in [2.75, 3.05) is 36.3 Å². The van der Waals surface area contributed by atoms with Crippen LogP contribution >= 0.6 is 23.2 Å². The molecule has 23 heavy (non-hydrogen) atoms. The number of halogens is 3. The van der Waals surface area contributed by atoms with E-state index in [1.165, 1.54) is 21.9 Å². The Morgan fingerprint density at radius 3 is 2.65 bits per heavy atom. The predicted molar refractivity (Wildman–Crippen MR) is 88.7 cm³/mol. The number of urea groups is 1. The van der Waals surface area contributed by atoms with Gasteiger partial charge in [-0.05, 0) is 18.2 Å². The third kappa shape index (κ3) is 4.72. The second-order valence-electron chi connectivity index (χ2n) is 5.20. The highest BCUT2D eigenvalue weighted by molar-refractivity contribution is 6.18. The molecule has 8 heteroatoms. The monoisotopic (exact) mass is 361 g/mol. The van der Waals surface area contributed by atoms with E-state index in [4.69, 9.17) is 23.2 Å². The van der Waals surface area contributed by atoms with Gasteiger partial charge >= 0.3 is 6.03 Å². The molecule has 126 valence electrons. The van der Waals surface area contributed by atoms with E-state index < -0.39 is 5.82 Å². The molecule has 0 aliphatic carbocycles. The highest BCUT2D eigenvalue weighted by Gasteiger charge is 2.32. The largest absolute Gasteiger partial charge is 0.333 e. The summed E-state index contributed by atoms with van der Waals surface area (Å²) in [6.07, 6.45) is 0.178. The van der Waals surface area contributed by atoms with Crippen molar-refractivity contribution in [3.05, 3.63) is 30.1 Å². The lowest BCUT2D eigenvalue weighted by atomic mass is 10.2. The first-order valence-corrected chi connectivity index (χ1v) is 8.35. The molecule has 0 radical (unpaired) electrons. The van der Waals surface area contributed by atoms with Crippen LogP contribution in [0, 0.1) is 5.82 Å². The number of anilines is 1.